The van der Waals surface area contributed by atoms with Gasteiger partial charge >= 0.3 is 0 Å². The maximum absolute atomic E-state index is 13.5. The van der Waals surface area contributed by atoms with Gasteiger partial charge in [-0.2, -0.15) is 0 Å². The number of piperazine rings is 1. The summed E-state index contributed by atoms with van der Waals surface area (Å²) in [6.45, 7) is 7.44. The normalized spacial score (nSPS) is 21.8. The fraction of sp³-hybridized carbons (Fsp3) is 0.533. The van der Waals surface area contributed by atoms with E-state index in [9.17, 15) is 19.8 Å². The van der Waals surface area contributed by atoms with Gasteiger partial charge in [0.25, 0.3) is 0 Å². The summed E-state index contributed by atoms with van der Waals surface area (Å²) in [4.78, 5) is 31.0. The number of benzene rings is 2. The standard InChI is InChI=1S/C30H41N3O4/c1-4-5-17-33-28(36)26(27(35)21(2)3)31-29(37)30(33)15-18-32(19-16-30)25(20-34)24-13-11-23(12-14-24)22-9-7-6-8-10-22/h6-14,21,25-27,34-35H,4-5,15-20H2,1-3H3,(H,31,37)/t25-,26+,27?/m0/s1. The fourth-order valence-corrected chi connectivity index (χ4v) is 5.76. The number of hydrogen-bond acceptors (Lipinski definition) is 5. The average Bonchev–Trinajstić information content (AvgIpc) is 2.92. The summed E-state index contributed by atoms with van der Waals surface area (Å²) >= 11 is 0. The van der Waals surface area contributed by atoms with Crippen LogP contribution < -0.4 is 5.32 Å². The van der Waals surface area contributed by atoms with E-state index < -0.39 is 17.7 Å². The Morgan fingerprint density at radius 2 is 1.62 bits per heavy atom. The van der Waals surface area contributed by atoms with E-state index in [2.05, 4.69) is 53.5 Å². The van der Waals surface area contributed by atoms with Crippen molar-refractivity contribution < 1.29 is 19.8 Å². The van der Waals surface area contributed by atoms with Crippen LogP contribution in [0.5, 0.6) is 0 Å². The molecule has 200 valence electrons. The maximum atomic E-state index is 13.5. The molecule has 0 saturated carbocycles. The summed E-state index contributed by atoms with van der Waals surface area (Å²) < 4.78 is 0. The Bertz CT molecular complexity index is 1050. The first-order chi connectivity index (χ1) is 17.8. The van der Waals surface area contributed by atoms with Gasteiger partial charge in [0.1, 0.15) is 11.6 Å². The number of amides is 2. The summed E-state index contributed by atoms with van der Waals surface area (Å²) in [5.74, 6) is -0.491. The SMILES string of the molecule is CCCCN1C(=O)[C@@H](C(O)C(C)C)NC(=O)C12CCN([C@@H](CO)c1ccc(-c3ccccc3)cc1)CC2. The number of unbranched alkanes of at least 4 members (excludes halogenated alkanes) is 1. The smallest absolute Gasteiger partial charge is 0.248 e. The molecular formula is C30H41N3O4. The van der Waals surface area contributed by atoms with Crippen LogP contribution in [0.25, 0.3) is 11.1 Å². The molecule has 1 unspecified atom stereocenters. The molecule has 2 amide bonds. The van der Waals surface area contributed by atoms with Gasteiger partial charge in [-0.25, -0.2) is 0 Å². The highest BCUT2D eigenvalue weighted by Gasteiger charge is 2.55. The number of nitrogens with zero attached hydrogens (tertiary/aromatic N) is 2. The summed E-state index contributed by atoms with van der Waals surface area (Å²) in [5.41, 5.74) is 2.40. The molecule has 2 aromatic carbocycles. The molecule has 37 heavy (non-hydrogen) atoms. The Morgan fingerprint density at radius 3 is 2.19 bits per heavy atom. The first-order valence-electron chi connectivity index (χ1n) is 13.6. The largest absolute Gasteiger partial charge is 0.394 e. The number of carbonyl (C=O) groups excluding carboxylic acids is 2. The highest BCUT2D eigenvalue weighted by molar-refractivity contribution is 6.00. The number of likely N-dealkylation sites (tertiary alicyclic amines) is 1. The highest BCUT2D eigenvalue weighted by atomic mass is 16.3. The molecular weight excluding hydrogens is 466 g/mol. The van der Waals surface area contributed by atoms with Crippen LogP contribution in [0.15, 0.2) is 54.6 Å². The minimum absolute atomic E-state index is 0.0228. The van der Waals surface area contributed by atoms with E-state index in [0.717, 1.165) is 29.5 Å². The zero-order valence-corrected chi connectivity index (χ0v) is 22.3. The molecule has 0 bridgehead atoms. The third kappa shape index (κ3) is 5.44. The Kier molecular flexibility index (Phi) is 8.67. The Morgan fingerprint density at radius 1 is 1.00 bits per heavy atom. The van der Waals surface area contributed by atoms with E-state index in [0.29, 0.717) is 32.5 Å². The number of carbonyl (C=O) groups is 2. The van der Waals surface area contributed by atoms with Crippen molar-refractivity contribution in [2.45, 2.75) is 70.2 Å². The van der Waals surface area contributed by atoms with Crippen LogP contribution in [0.3, 0.4) is 0 Å². The van der Waals surface area contributed by atoms with E-state index in [1.54, 1.807) is 4.90 Å². The number of aliphatic hydroxyl groups excluding tert-OH is 2. The van der Waals surface area contributed by atoms with Crippen LogP contribution in [0, 0.1) is 5.92 Å². The van der Waals surface area contributed by atoms with Gasteiger partial charge in [0.15, 0.2) is 0 Å². The second-order valence-electron chi connectivity index (χ2n) is 10.8. The molecule has 2 aliphatic rings. The van der Waals surface area contributed by atoms with Gasteiger partial charge in [0.05, 0.1) is 18.8 Å². The lowest BCUT2D eigenvalue weighted by atomic mass is 9.79. The van der Waals surface area contributed by atoms with Crippen LogP contribution in [-0.4, -0.2) is 75.8 Å². The van der Waals surface area contributed by atoms with Gasteiger partial charge in [-0.3, -0.25) is 14.5 Å². The Hall–Kier alpha value is -2.74. The van der Waals surface area contributed by atoms with Crippen molar-refractivity contribution in [1.29, 1.82) is 0 Å². The van der Waals surface area contributed by atoms with Gasteiger partial charge < -0.3 is 20.4 Å². The molecule has 0 radical (unpaired) electrons. The summed E-state index contributed by atoms with van der Waals surface area (Å²) in [6, 6.07) is 17.4. The van der Waals surface area contributed by atoms with Crippen molar-refractivity contribution in [3.05, 3.63) is 60.2 Å². The minimum Gasteiger partial charge on any atom is -0.394 e. The molecule has 7 nitrogen and oxygen atoms in total. The van der Waals surface area contributed by atoms with Gasteiger partial charge in [-0.05, 0) is 41.9 Å². The monoisotopic (exact) mass is 507 g/mol. The van der Waals surface area contributed by atoms with Crippen LogP contribution in [-0.2, 0) is 9.59 Å². The van der Waals surface area contributed by atoms with Crippen molar-refractivity contribution in [3.8, 4) is 11.1 Å². The van der Waals surface area contributed by atoms with Crippen LogP contribution in [0.2, 0.25) is 0 Å². The quantitative estimate of drug-likeness (QED) is 0.484. The van der Waals surface area contributed by atoms with Crippen LogP contribution in [0.1, 0.15) is 58.1 Å². The molecule has 2 aliphatic heterocycles. The second-order valence-corrected chi connectivity index (χ2v) is 10.8. The number of piperidine rings is 1. The van der Waals surface area contributed by atoms with Crippen LogP contribution >= 0.6 is 0 Å². The van der Waals surface area contributed by atoms with Gasteiger partial charge in [-0.15, -0.1) is 0 Å². The molecule has 2 aromatic rings. The van der Waals surface area contributed by atoms with Gasteiger partial charge in [0.2, 0.25) is 11.8 Å². The lowest BCUT2D eigenvalue weighted by Gasteiger charge is -2.53. The molecule has 1 spiro atoms. The van der Waals surface area contributed by atoms with Crippen molar-refractivity contribution in [2.24, 2.45) is 5.92 Å². The first kappa shape index (κ1) is 27.3. The third-order valence-corrected chi connectivity index (χ3v) is 8.16. The third-order valence-electron chi connectivity index (χ3n) is 8.16. The van der Waals surface area contributed by atoms with E-state index in [1.165, 1.54) is 0 Å². The lowest BCUT2D eigenvalue weighted by molar-refractivity contribution is -0.166. The second kappa shape index (κ2) is 11.8. The fourth-order valence-electron chi connectivity index (χ4n) is 5.76. The van der Waals surface area contributed by atoms with Crippen LogP contribution in [0.4, 0.5) is 0 Å². The highest BCUT2D eigenvalue weighted by Crippen LogP contribution is 2.37. The first-order valence-corrected chi connectivity index (χ1v) is 13.6. The average molecular weight is 508 g/mol. The number of hydrogen-bond donors (Lipinski definition) is 3. The molecule has 2 saturated heterocycles. The van der Waals surface area contributed by atoms with E-state index in [4.69, 9.17) is 0 Å². The summed E-state index contributed by atoms with van der Waals surface area (Å²) in [5, 5.41) is 23.8. The van der Waals surface area contributed by atoms with E-state index in [-0.39, 0.29) is 30.4 Å². The Labute approximate surface area is 220 Å². The molecule has 4 rings (SSSR count). The molecule has 0 aliphatic carbocycles. The molecule has 3 atom stereocenters. The minimum atomic E-state index is -0.921. The number of rotatable bonds is 9. The molecule has 2 fully saturated rings. The zero-order valence-electron chi connectivity index (χ0n) is 22.3. The number of nitrogens with one attached hydrogen (secondary N) is 1. The van der Waals surface area contributed by atoms with E-state index >= 15 is 0 Å². The lowest BCUT2D eigenvalue weighted by Crippen LogP contribution is -2.75. The van der Waals surface area contributed by atoms with Crippen molar-refractivity contribution >= 4 is 11.8 Å². The molecule has 2 heterocycles. The van der Waals surface area contributed by atoms with Gasteiger partial charge in [0, 0.05) is 19.6 Å². The van der Waals surface area contributed by atoms with E-state index in [1.807, 2.05) is 32.0 Å². The predicted octanol–water partition coefficient (Wildman–Crippen LogP) is 3.37. The molecule has 7 heteroatoms. The van der Waals surface area contributed by atoms with Crippen molar-refractivity contribution in [3.63, 3.8) is 0 Å². The van der Waals surface area contributed by atoms with Gasteiger partial charge in [-0.1, -0.05) is 81.8 Å². The summed E-state index contributed by atoms with van der Waals surface area (Å²) in [6.07, 6.45) is 1.79. The predicted molar refractivity (Wildman–Crippen MR) is 145 cm³/mol. The topological polar surface area (TPSA) is 93.1 Å². The molecule has 0 aromatic heterocycles. The maximum Gasteiger partial charge on any atom is 0.248 e. The Balaban J connectivity index is 1.51. The van der Waals surface area contributed by atoms with Crippen molar-refractivity contribution in [2.75, 3.05) is 26.2 Å². The number of aliphatic hydroxyl groups is 2. The zero-order chi connectivity index (χ0) is 26.6. The summed E-state index contributed by atoms with van der Waals surface area (Å²) in [7, 11) is 0. The molecule has 3 N–H and O–H groups in total. The van der Waals surface area contributed by atoms with Crippen molar-refractivity contribution in [1.82, 2.24) is 15.1 Å².